The van der Waals surface area contributed by atoms with Gasteiger partial charge in [0.15, 0.2) is 0 Å². The SMILES string of the molecule is CC1CC1.CCC(C)(C)C. The molecule has 1 rings (SSSR count). The van der Waals surface area contributed by atoms with E-state index >= 15 is 0 Å². The van der Waals surface area contributed by atoms with E-state index in [0.717, 1.165) is 5.92 Å². The highest BCUT2D eigenvalue weighted by atomic mass is 14.2. The maximum Gasteiger partial charge on any atom is -0.0385 e. The summed E-state index contributed by atoms with van der Waals surface area (Å²) in [6.45, 7) is 11.2. The Bertz CT molecular complexity index is 72.5. The molecule has 1 saturated carbocycles. The van der Waals surface area contributed by atoms with Gasteiger partial charge in [0.05, 0.1) is 0 Å². The highest BCUT2D eigenvalue weighted by molar-refractivity contribution is 4.65. The monoisotopic (exact) mass is 142 g/mol. The Balaban J connectivity index is 0.000000172. The summed E-state index contributed by atoms with van der Waals surface area (Å²) in [5.74, 6) is 1.08. The van der Waals surface area contributed by atoms with Crippen LogP contribution in [-0.2, 0) is 0 Å². The van der Waals surface area contributed by atoms with Crippen molar-refractivity contribution in [2.75, 3.05) is 0 Å². The van der Waals surface area contributed by atoms with Crippen LogP contribution in [0.4, 0.5) is 0 Å². The van der Waals surface area contributed by atoms with Crippen LogP contribution in [0.15, 0.2) is 0 Å². The summed E-state index contributed by atoms with van der Waals surface area (Å²) in [7, 11) is 0. The van der Waals surface area contributed by atoms with Gasteiger partial charge in [0.1, 0.15) is 0 Å². The molecule has 1 aliphatic carbocycles. The Morgan fingerprint density at radius 2 is 1.40 bits per heavy atom. The van der Waals surface area contributed by atoms with Gasteiger partial charge >= 0.3 is 0 Å². The fourth-order valence-corrected chi connectivity index (χ4v) is 0.167. The van der Waals surface area contributed by atoms with Crippen LogP contribution in [-0.4, -0.2) is 0 Å². The van der Waals surface area contributed by atoms with Gasteiger partial charge in [0.2, 0.25) is 0 Å². The van der Waals surface area contributed by atoms with Crippen molar-refractivity contribution < 1.29 is 0 Å². The van der Waals surface area contributed by atoms with Crippen LogP contribution in [0.5, 0.6) is 0 Å². The van der Waals surface area contributed by atoms with Gasteiger partial charge in [-0.3, -0.25) is 0 Å². The average molecular weight is 142 g/mol. The smallest absolute Gasteiger partial charge is 0.0385 e. The lowest BCUT2D eigenvalue weighted by Gasteiger charge is -2.12. The van der Waals surface area contributed by atoms with Gasteiger partial charge in [-0.2, -0.15) is 0 Å². The lowest BCUT2D eigenvalue weighted by Crippen LogP contribution is -2.00. The van der Waals surface area contributed by atoms with E-state index in [9.17, 15) is 0 Å². The number of hydrogen-bond donors (Lipinski definition) is 0. The van der Waals surface area contributed by atoms with E-state index in [1.165, 1.54) is 19.3 Å². The molecule has 0 N–H and O–H groups in total. The van der Waals surface area contributed by atoms with E-state index in [4.69, 9.17) is 0 Å². The first kappa shape index (κ1) is 10.0. The van der Waals surface area contributed by atoms with Crippen LogP contribution in [0.2, 0.25) is 0 Å². The highest BCUT2D eigenvalue weighted by Crippen LogP contribution is 2.26. The predicted molar refractivity (Wildman–Crippen MR) is 48.1 cm³/mol. The van der Waals surface area contributed by atoms with Crippen LogP contribution < -0.4 is 0 Å². The summed E-state index contributed by atoms with van der Waals surface area (Å²) in [5.41, 5.74) is 0.542. The molecule has 0 nitrogen and oxygen atoms in total. The summed E-state index contributed by atoms with van der Waals surface area (Å²) in [4.78, 5) is 0. The second-order valence-electron chi connectivity index (χ2n) is 4.60. The van der Waals surface area contributed by atoms with Gasteiger partial charge in [-0.1, -0.05) is 53.9 Å². The molecule has 0 aromatic heterocycles. The maximum atomic E-state index is 2.28. The van der Waals surface area contributed by atoms with Gasteiger partial charge in [-0.25, -0.2) is 0 Å². The zero-order valence-electron chi connectivity index (χ0n) is 8.20. The van der Waals surface area contributed by atoms with Crippen molar-refractivity contribution in [3.63, 3.8) is 0 Å². The van der Waals surface area contributed by atoms with Gasteiger partial charge in [0.25, 0.3) is 0 Å². The molecule has 0 bridgehead atoms. The van der Waals surface area contributed by atoms with E-state index < -0.39 is 0 Å². The molecule has 0 saturated heterocycles. The van der Waals surface area contributed by atoms with Gasteiger partial charge in [-0.15, -0.1) is 0 Å². The molecule has 0 heteroatoms. The van der Waals surface area contributed by atoms with Crippen LogP contribution >= 0.6 is 0 Å². The Kier molecular flexibility index (Phi) is 4.00. The molecule has 0 aromatic rings. The Labute approximate surface area is 66.0 Å². The van der Waals surface area contributed by atoms with Gasteiger partial charge < -0.3 is 0 Å². The Hall–Kier alpha value is 0. The predicted octanol–water partition coefficient (Wildman–Crippen LogP) is 3.86. The molecule has 1 fully saturated rings. The number of hydrogen-bond acceptors (Lipinski definition) is 0. The third-order valence-corrected chi connectivity index (χ3v) is 1.93. The van der Waals surface area contributed by atoms with E-state index in [2.05, 4.69) is 34.6 Å². The second kappa shape index (κ2) is 4.00. The van der Waals surface area contributed by atoms with E-state index in [1.54, 1.807) is 0 Å². The zero-order valence-corrected chi connectivity index (χ0v) is 8.20. The van der Waals surface area contributed by atoms with Crippen LogP contribution in [0.1, 0.15) is 53.9 Å². The molecule has 0 unspecified atom stereocenters. The van der Waals surface area contributed by atoms with E-state index in [0.29, 0.717) is 5.41 Å². The van der Waals surface area contributed by atoms with Crippen molar-refractivity contribution in [1.82, 2.24) is 0 Å². The normalized spacial score (nSPS) is 17.7. The molecule has 0 heterocycles. The van der Waals surface area contributed by atoms with Crippen molar-refractivity contribution in [2.24, 2.45) is 11.3 Å². The van der Waals surface area contributed by atoms with Gasteiger partial charge in [0, 0.05) is 0 Å². The topological polar surface area (TPSA) is 0 Å². The summed E-state index contributed by atoms with van der Waals surface area (Å²) in [6, 6.07) is 0. The standard InChI is InChI=1S/C6H14.C4H8/c1-5-6(2,3)4;1-4-2-3-4/h5H2,1-4H3;4H,2-3H2,1H3. The minimum atomic E-state index is 0.542. The lowest BCUT2D eigenvalue weighted by atomic mass is 9.94. The summed E-state index contributed by atoms with van der Waals surface area (Å²) >= 11 is 0. The zero-order chi connectivity index (χ0) is 8.20. The van der Waals surface area contributed by atoms with Crippen molar-refractivity contribution in [2.45, 2.75) is 53.9 Å². The molecule has 0 radical (unpaired) electrons. The molecular formula is C10H22. The minimum Gasteiger partial charge on any atom is -0.0649 e. The fraction of sp³-hybridized carbons (Fsp3) is 1.00. The largest absolute Gasteiger partial charge is 0.0649 e. The summed E-state index contributed by atoms with van der Waals surface area (Å²) in [6.07, 6.45) is 4.24. The molecule has 0 amide bonds. The minimum absolute atomic E-state index is 0.542. The molecule has 0 aromatic carbocycles. The van der Waals surface area contributed by atoms with E-state index in [-0.39, 0.29) is 0 Å². The van der Waals surface area contributed by atoms with Gasteiger partial charge in [-0.05, 0) is 11.3 Å². The molecule has 10 heavy (non-hydrogen) atoms. The van der Waals surface area contributed by atoms with Crippen molar-refractivity contribution in [3.8, 4) is 0 Å². The molecular weight excluding hydrogens is 120 g/mol. The van der Waals surface area contributed by atoms with Crippen molar-refractivity contribution >= 4 is 0 Å². The quantitative estimate of drug-likeness (QED) is 0.482. The Morgan fingerprint density at radius 3 is 1.40 bits per heavy atom. The lowest BCUT2D eigenvalue weighted by molar-refractivity contribution is 0.398. The molecule has 0 aliphatic heterocycles. The first-order valence-electron chi connectivity index (χ1n) is 4.45. The van der Waals surface area contributed by atoms with Crippen LogP contribution in [0, 0.1) is 11.3 Å². The van der Waals surface area contributed by atoms with Crippen LogP contribution in [0.25, 0.3) is 0 Å². The third-order valence-electron chi connectivity index (χ3n) is 1.93. The Morgan fingerprint density at radius 1 is 1.20 bits per heavy atom. The maximum absolute atomic E-state index is 2.28. The first-order valence-corrected chi connectivity index (χ1v) is 4.45. The third kappa shape index (κ3) is 10.9. The highest BCUT2D eigenvalue weighted by Gasteiger charge is 2.12. The molecule has 1 aliphatic rings. The molecule has 0 atom stereocenters. The van der Waals surface area contributed by atoms with Crippen molar-refractivity contribution in [3.05, 3.63) is 0 Å². The van der Waals surface area contributed by atoms with Crippen molar-refractivity contribution in [1.29, 1.82) is 0 Å². The first-order chi connectivity index (χ1) is 4.45. The number of rotatable bonds is 0. The molecule has 62 valence electrons. The average Bonchev–Trinajstić information content (AvgIpc) is 2.51. The molecule has 0 spiro atoms. The second-order valence-corrected chi connectivity index (χ2v) is 4.60. The fourth-order valence-electron chi connectivity index (χ4n) is 0.167. The van der Waals surface area contributed by atoms with Crippen LogP contribution in [0.3, 0.4) is 0 Å². The van der Waals surface area contributed by atoms with E-state index in [1.807, 2.05) is 0 Å². The summed E-state index contributed by atoms with van der Waals surface area (Å²) in [5, 5.41) is 0. The summed E-state index contributed by atoms with van der Waals surface area (Å²) < 4.78 is 0.